The molecule has 0 saturated carbocycles. The number of benzene rings is 1. The second-order valence-electron chi connectivity index (χ2n) is 4.57. The highest BCUT2D eigenvalue weighted by Gasteiger charge is 2.20. The van der Waals surface area contributed by atoms with Crippen LogP contribution in [0.2, 0.25) is 0 Å². The van der Waals surface area contributed by atoms with E-state index in [0.29, 0.717) is 11.7 Å². The molecule has 2 rings (SSSR count). The number of phenolic OH excluding ortho intramolecular Hbond substituents is 1. The van der Waals surface area contributed by atoms with Crippen molar-refractivity contribution in [3.8, 4) is 5.75 Å². The van der Waals surface area contributed by atoms with Crippen LogP contribution in [0.4, 0.5) is 0 Å². The number of hydrogen-bond acceptors (Lipinski definition) is 2. The lowest BCUT2D eigenvalue weighted by Gasteiger charge is -2.17. The number of nitrogens with one attached hydrogen (secondary N) is 1. The summed E-state index contributed by atoms with van der Waals surface area (Å²) in [6.45, 7) is 8.28. The lowest BCUT2D eigenvalue weighted by Crippen LogP contribution is -2.09. The number of phenols is 1. The smallest absolute Gasteiger partial charge is 0.121 e. The van der Waals surface area contributed by atoms with Gasteiger partial charge in [-0.3, -0.25) is 0 Å². The Labute approximate surface area is 91.3 Å². The molecule has 2 N–H and O–H groups in total. The molecule has 82 valence electrons. The van der Waals surface area contributed by atoms with Crippen LogP contribution in [0.5, 0.6) is 5.75 Å². The van der Waals surface area contributed by atoms with Crippen LogP contribution in [0.25, 0.3) is 0 Å². The van der Waals surface area contributed by atoms with E-state index in [1.165, 1.54) is 17.5 Å². The largest absolute Gasteiger partial charge is 0.507 e. The minimum atomic E-state index is 0.460. The summed E-state index contributed by atoms with van der Waals surface area (Å²) in [5, 5.41) is 13.2. The molecule has 0 spiro atoms. The maximum atomic E-state index is 9.84. The normalized spacial score (nSPS) is 20.9. The standard InChI is InChI=1S/C13H19NO/c1-8-6-12(11-4-5-14-7-11)9(2)10(3)13(8)15/h6,11,14-15H,4-5,7H2,1-3H3. The Morgan fingerprint density at radius 2 is 2.00 bits per heavy atom. The Kier molecular flexibility index (Phi) is 2.70. The summed E-state index contributed by atoms with van der Waals surface area (Å²) >= 11 is 0. The number of aromatic hydroxyl groups is 1. The van der Waals surface area contributed by atoms with E-state index in [1.807, 2.05) is 13.8 Å². The van der Waals surface area contributed by atoms with Gasteiger partial charge in [0.2, 0.25) is 0 Å². The minimum Gasteiger partial charge on any atom is -0.507 e. The average molecular weight is 205 g/mol. The quantitative estimate of drug-likeness (QED) is 0.738. The Hall–Kier alpha value is -1.02. The van der Waals surface area contributed by atoms with Crippen molar-refractivity contribution in [2.45, 2.75) is 33.1 Å². The fourth-order valence-electron chi connectivity index (χ4n) is 2.44. The van der Waals surface area contributed by atoms with Gasteiger partial charge >= 0.3 is 0 Å². The van der Waals surface area contributed by atoms with Crippen molar-refractivity contribution in [2.24, 2.45) is 0 Å². The van der Waals surface area contributed by atoms with E-state index in [-0.39, 0.29) is 0 Å². The molecule has 0 amide bonds. The van der Waals surface area contributed by atoms with E-state index >= 15 is 0 Å². The second-order valence-corrected chi connectivity index (χ2v) is 4.57. The van der Waals surface area contributed by atoms with Crippen LogP contribution in [0, 0.1) is 20.8 Å². The van der Waals surface area contributed by atoms with Crippen LogP contribution >= 0.6 is 0 Å². The Morgan fingerprint density at radius 3 is 2.60 bits per heavy atom. The van der Waals surface area contributed by atoms with Gasteiger partial charge in [0.15, 0.2) is 0 Å². The summed E-state index contributed by atoms with van der Waals surface area (Å²) < 4.78 is 0. The molecule has 2 heteroatoms. The summed E-state index contributed by atoms with van der Waals surface area (Å²) in [5.74, 6) is 1.09. The predicted octanol–water partition coefficient (Wildman–Crippen LogP) is 2.39. The fourth-order valence-corrected chi connectivity index (χ4v) is 2.44. The van der Waals surface area contributed by atoms with E-state index in [4.69, 9.17) is 0 Å². The summed E-state index contributed by atoms with van der Waals surface area (Å²) in [6, 6.07) is 2.15. The molecular weight excluding hydrogens is 186 g/mol. The Balaban J connectivity index is 2.47. The van der Waals surface area contributed by atoms with Gasteiger partial charge in [0.05, 0.1) is 0 Å². The first-order chi connectivity index (χ1) is 7.11. The molecule has 0 aliphatic carbocycles. The third kappa shape index (κ3) is 1.74. The first-order valence-electron chi connectivity index (χ1n) is 5.61. The highest BCUT2D eigenvalue weighted by molar-refractivity contribution is 5.49. The highest BCUT2D eigenvalue weighted by atomic mass is 16.3. The topological polar surface area (TPSA) is 32.3 Å². The van der Waals surface area contributed by atoms with Gasteiger partial charge in [0.25, 0.3) is 0 Å². The van der Waals surface area contributed by atoms with Gasteiger partial charge in [-0.15, -0.1) is 0 Å². The van der Waals surface area contributed by atoms with E-state index in [1.54, 1.807) is 0 Å². The van der Waals surface area contributed by atoms with Crippen molar-refractivity contribution >= 4 is 0 Å². The molecule has 1 aliphatic rings. The van der Waals surface area contributed by atoms with E-state index in [0.717, 1.165) is 24.2 Å². The van der Waals surface area contributed by atoms with Gasteiger partial charge in [-0.25, -0.2) is 0 Å². The minimum absolute atomic E-state index is 0.460. The number of hydrogen-bond donors (Lipinski definition) is 2. The van der Waals surface area contributed by atoms with E-state index in [2.05, 4.69) is 18.3 Å². The number of rotatable bonds is 1. The molecule has 1 atom stereocenters. The van der Waals surface area contributed by atoms with Crippen LogP contribution in [-0.4, -0.2) is 18.2 Å². The lowest BCUT2D eigenvalue weighted by atomic mass is 9.89. The molecular formula is C13H19NO. The zero-order valence-electron chi connectivity index (χ0n) is 9.72. The van der Waals surface area contributed by atoms with Crippen molar-refractivity contribution in [1.82, 2.24) is 5.32 Å². The molecule has 15 heavy (non-hydrogen) atoms. The molecule has 1 aromatic rings. The van der Waals surface area contributed by atoms with Crippen molar-refractivity contribution < 1.29 is 5.11 Å². The van der Waals surface area contributed by atoms with Gasteiger partial charge in [-0.2, -0.15) is 0 Å². The van der Waals surface area contributed by atoms with Crippen LogP contribution in [0.3, 0.4) is 0 Å². The average Bonchev–Trinajstić information content (AvgIpc) is 2.73. The zero-order valence-corrected chi connectivity index (χ0v) is 9.72. The summed E-state index contributed by atoms with van der Waals surface area (Å²) in [6.07, 6.45) is 1.21. The van der Waals surface area contributed by atoms with Crippen LogP contribution in [-0.2, 0) is 0 Å². The second kappa shape index (κ2) is 3.86. The highest BCUT2D eigenvalue weighted by Crippen LogP contribution is 2.33. The molecule has 0 aromatic heterocycles. The third-order valence-corrected chi connectivity index (χ3v) is 3.60. The van der Waals surface area contributed by atoms with Crippen LogP contribution < -0.4 is 5.32 Å². The van der Waals surface area contributed by atoms with E-state index in [9.17, 15) is 5.11 Å². The monoisotopic (exact) mass is 205 g/mol. The van der Waals surface area contributed by atoms with Crippen molar-refractivity contribution in [3.63, 3.8) is 0 Å². The first-order valence-corrected chi connectivity index (χ1v) is 5.61. The van der Waals surface area contributed by atoms with Gasteiger partial charge in [-0.1, -0.05) is 6.07 Å². The Morgan fingerprint density at radius 1 is 1.27 bits per heavy atom. The zero-order chi connectivity index (χ0) is 11.0. The molecule has 0 bridgehead atoms. The fraction of sp³-hybridized carbons (Fsp3) is 0.538. The van der Waals surface area contributed by atoms with Crippen LogP contribution in [0.15, 0.2) is 6.07 Å². The van der Waals surface area contributed by atoms with Crippen LogP contribution in [0.1, 0.15) is 34.6 Å². The molecule has 1 heterocycles. The van der Waals surface area contributed by atoms with Gasteiger partial charge in [0.1, 0.15) is 5.75 Å². The maximum absolute atomic E-state index is 9.84. The summed E-state index contributed by atoms with van der Waals surface area (Å²) in [4.78, 5) is 0. The third-order valence-electron chi connectivity index (χ3n) is 3.60. The van der Waals surface area contributed by atoms with Crippen molar-refractivity contribution in [2.75, 3.05) is 13.1 Å². The number of aryl methyl sites for hydroxylation is 1. The summed E-state index contributed by atoms with van der Waals surface area (Å²) in [7, 11) is 0. The SMILES string of the molecule is Cc1cc(C2CCNC2)c(C)c(C)c1O. The molecule has 1 unspecified atom stereocenters. The Bertz CT molecular complexity index is 379. The molecule has 1 aromatic carbocycles. The molecule has 1 aliphatic heterocycles. The van der Waals surface area contributed by atoms with E-state index < -0.39 is 0 Å². The van der Waals surface area contributed by atoms with Crippen molar-refractivity contribution in [3.05, 3.63) is 28.3 Å². The predicted molar refractivity (Wildman–Crippen MR) is 62.5 cm³/mol. The molecule has 2 nitrogen and oxygen atoms in total. The van der Waals surface area contributed by atoms with Gasteiger partial charge in [0, 0.05) is 6.54 Å². The summed E-state index contributed by atoms with van der Waals surface area (Å²) in [5.41, 5.74) is 4.71. The molecule has 0 radical (unpaired) electrons. The maximum Gasteiger partial charge on any atom is 0.121 e. The van der Waals surface area contributed by atoms with Crippen molar-refractivity contribution in [1.29, 1.82) is 0 Å². The lowest BCUT2D eigenvalue weighted by molar-refractivity contribution is 0.465. The molecule has 1 saturated heterocycles. The molecule has 1 fully saturated rings. The van der Waals surface area contributed by atoms with Gasteiger partial charge < -0.3 is 10.4 Å². The first kappa shape index (κ1) is 10.5. The van der Waals surface area contributed by atoms with Gasteiger partial charge in [-0.05, 0) is 61.9 Å².